The monoisotopic (exact) mass is 341 g/mol. The Morgan fingerprint density at radius 2 is 2.28 bits per heavy atom. The van der Waals surface area contributed by atoms with Gasteiger partial charge in [-0.3, -0.25) is 0 Å². The van der Waals surface area contributed by atoms with Crippen LogP contribution in [-0.2, 0) is 4.79 Å². The maximum absolute atomic E-state index is 11.0. The van der Waals surface area contributed by atoms with Gasteiger partial charge in [-0.15, -0.1) is 0 Å². The van der Waals surface area contributed by atoms with E-state index in [0.29, 0.717) is 30.3 Å². The first kappa shape index (κ1) is 16.7. The Balaban J connectivity index is 1.94. The van der Waals surface area contributed by atoms with Crippen molar-refractivity contribution in [1.29, 1.82) is 0 Å². The fourth-order valence-corrected chi connectivity index (χ4v) is 2.36. The Hall–Kier alpha value is -3.13. The molecule has 1 atom stereocenters. The molecule has 8 heteroatoms. The predicted molar refractivity (Wildman–Crippen MR) is 93.7 cm³/mol. The van der Waals surface area contributed by atoms with Gasteiger partial charge in [0.25, 0.3) is 0 Å². The summed E-state index contributed by atoms with van der Waals surface area (Å²) in [6.07, 6.45) is 2.61. The van der Waals surface area contributed by atoms with E-state index in [1.165, 1.54) is 6.92 Å². The Labute approximate surface area is 144 Å². The Morgan fingerprint density at radius 1 is 1.44 bits per heavy atom. The maximum atomic E-state index is 11.0. The topological polar surface area (TPSA) is 115 Å². The third kappa shape index (κ3) is 3.69. The van der Waals surface area contributed by atoms with Gasteiger partial charge in [0.05, 0.1) is 6.20 Å². The van der Waals surface area contributed by atoms with Crippen LogP contribution < -0.4 is 15.8 Å². The van der Waals surface area contributed by atoms with Crippen LogP contribution in [0.3, 0.4) is 0 Å². The number of carboxylic acids is 1. The van der Waals surface area contributed by atoms with Crippen LogP contribution in [0.5, 0.6) is 5.75 Å². The molecule has 3 aromatic rings. The highest BCUT2D eigenvalue weighted by molar-refractivity contribution is 5.78. The number of aliphatic carboxylic acids is 1. The van der Waals surface area contributed by atoms with E-state index in [2.05, 4.69) is 15.4 Å². The molecule has 2 heterocycles. The number of hydrogen-bond donors (Lipinski definition) is 3. The van der Waals surface area contributed by atoms with Gasteiger partial charge in [-0.25, -0.2) is 14.3 Å². The fraction of sp³-hybridized carbons (Fsp3) is 0.235. The van der Waals surface area contributed by atoms with Crippen LogP contribution >= 0.6 is 0 Å². The van der Waals surface area contributed by atoms with Gasteiger partial charge in [-0.05, 0) is 30.7 Å². The zero-order valence-corrected chi connectivity index (χ0v) is 13.7. The highest BCUT2D eigenvalue weighted by Gasteiger charge is 2.14. The number of carbonyl (C=O) groups is 1. The molecule has 0 saturated heterocycles. The standard InChI is InChI=1S/C17H19N5O3/c1-11(17(23)24)25-13-4-2-3-12(9-13)14-10-20-22-8-5-15(19-7-6-18)21-16(14)22/h2-5,8-11H,6-7,18H2,1H3,(H,19,21)(H,23,24). The van der Waals surface area contributed by atoms with E-state index in [-0.39, 0.29) is 0 Å². The summed E-state index contributed by atoms with van der Waals surface area (Å²) in [5, 5.41) is 16.4. The van der Waals surface area contributed by atoms with Gasteiger partial charge in [-0.2, -0.15) is 5.10 Å². The smallest absolute Gasteiger partial charge is 0.344 e. The zero-order chi connectivity index (χ0) is 17.8. The summed E-state index contributed by atoms with van der Waals surface area (Å²) in [5.74, 6) is 0.175. The molecule has 4 N–H and O–H groups in total. The number of carboxylic acid groups (broad SMARTS) is 1. The second-order valence-corrected chi connectivity index (χ2v) is 5.48. The minimum Gasteiger partial charge on any atom is -0.479 e. The lowest BCUT2D eigenvalue weighted by atomic mass is 10.1. The van der Waals surface area contributed by atoms with E-state index in [9.17, 15) is 4.79 Å². The Morgan fingerprint density at radius 3 is 3.04 bits per heavy atom. The van der Waals surface area contributed by atoms with Crippen LogP contribution in [0.15, 0.2) is 42.7 Å². The summed E-state index contributed by atoms with van der Waals surface area (Å²) in [6, 6.07) is 9.03. The van der Waals surface area contributed by atoms with Crippen molar-refractivity contribution < 1.29 is 14.6 Å². The number of aromatic nitrogens is 3. The molecule has 0 saturated carbocycles. The summed E-state index contributed by atoms with van der Waals surface area (Å²) in [7, 11) is 0. The molecule has 130 valence electrons. The molecular weight excluding hydrogens is 322 g/mol. The molecule has 1 aromatic carbocycles. The van der Waals surface area contributed by atoms with Crippen molar-refractivity contribution in [3.63, 3.8) is 0 Å². The third-order valence-electron chi connectivity index (χ3n) is 3.63. The van der Waals surface area contributed by atoms with Gasteiger partial charge in [0.15, 0.2) is 11.8 Å². The number of fused-ring (bicyclic) bond motifs is 1. The molecule has 3 rings (SSSR count). The molecule has 0 aliphatic heterocycles. The van der Waals surface area contributed by atoms with Crippen LogP contribution in [0.2, 0.25) is 0 Å². The molecule has 8 nitrogen and oxygen atoms in total. The van der Waals surface area contributed by atoms with Gasteiger partial charge in [0.2, 0.25) is 0 Å². The van der Waals surface area contributed by atoms with Crippen LogP contribution in [0.25, 0.3) is 16.8 Å². The van der Waals surface area contributed by atoms with Crippen molar-refractivity contribution in [2.24, 2.45) is 5.73 Å². The predicted octanol–water partition coefficient (Wildman–Crippen LogP) is 1.62. The van der Waals surface area contributed by atoms with E-state index in [1.807, 2.05) is 18.3 Å². The fourth-order valence-electron chi connectivity index (χ4n) is 2.36. The number of hydrogen-bond acceptors (Lipinski definition) is 6. The molecule has 1 unspecified atom stereocenters. The van der Waals surface area contributed by atoms with Crippen LogP contribution in [-0.4, -0.2) is 44.9 Å². The third-order valence-corrected chi connectivity index (χ3v) is 3.63. The SMILES string of the molecule is CC(Oc1cccc(-c2cnn3ccc(NCCN)nc23)c1)C(=O)O. The van der Waals surface area contributed by atoms with E-state index in [4.69, 9.17) is 15.6 Å². The zero-order valence-electron chi connectivity index (χ0n) is 13.7. The number of nitrogens with zero attached hydrogens (tertiary/aromatic N) is 3. The Kier molecular flexibility index (Phi) is 4.80. The molecule has 0 radical (unpaired) electrons. The van der Waals surface area contributed by atoms with E-state index < -0.39 is 12.1 Å². The van der Waals surface area contributed by atoms with Crippen molar-refractivity contribution in [2.45, 2.75) is 13.0 Å². The Bertz CT molecular complexity index is 893. The first-order chi connectivity index (χ1) is 12.1. The lowest BCUT2D eigenvalue weighted by Crippen LogP contribution is -2.22. The van der Waals surface area contributed by atoms with E-state index in [1.54, 1.807) is 28.9 Å². The molecule has 2 aromatic heterocycles. The summed E-state index contributed by atoms with van der Waals surface area (Å²) >= 11 is 0. The average Bonchev–Trinajstić information content (AvgIpc) is 3.03. The molecule has 0 fully saturated rings. The number of nitrogens with two attached hydrogens (primary N) is 1. The number of rotatable bonds is 7. The lowest BCUT2D eigenvalue weighted by molar-refractivity contribution is -0.144. The first-order valence-electron chi connectivity index (χ1n) is 7.86. The van der Waals surface area contributed by atoms with Crippen molar-refractivity contribution in [3.05, 3.63) is 42.7 Å². The maximum Gasteiger partial charge on any atom is 0.344 e. The second-order valence-electron chi connectivity index (χ2n) is 5.48. The second kappa shape index (κ2) is 7.18. The first-order valence-corrected chi connectivity index (χ1v) is 7.86. The largest absolute Gasteiger partial charge is 0.479 e. The van der Waals surface area contributed by atoms with Crippen molar-refractivity contribution in [3.8, 4) is 16.9 Å². The summed E-state index contributed by atoms with van der Waals surface area (Å²) in [4.78, 5) is 15.5. The normalized spacial score (nSPS) is 12.1. The molecule has 0 aliphatic carbocycles. The van der Waals surface area contributed by atoms with Gasteiger partial charge in [0, 0.05) is 24.8 Å². The average molecular weight is 341 g/mol. The minimum atomic E-state index is -1.02. The molecule has 0 amide bonds. The van der Waals surface area contributed by atoms with Crippen LogP contribution in [0.1, 0.15) is 6.92 Å². The highest BCUT2D eigenvalue weighted by atomic mass is 16.5. The summed E-state index contributed by atoms with van der Waals surface area (Å²) in [5.41, 5.74) is 7.85. The number of nitrogens with one attached hydrogen (secondary N) is 1. The summed E-state index contributed by atoms with van der Waals surface area (Å²) < 4.78 is 7.11. The van der Waals surface area contributed by atoms with Gasteiger partial charge in [0.1, 0.15) is 11.6 Å². The van der Waals surface area contributed by atoms with Crippen molar-refractivity contribution in [2.75, 3.05) is 18.4 Å². The number of ether oxygens (including phenoxy) is 1. The summed E-state index contributed by atoms with van der Waals surface area (Å²) in [6.45, 7) is 2.63. The molecule has 0 bridgehead atoms. The van der Waals surface area contributed by atoms with Crippen LogP contribution in [0.4, 0.5) is 5.82 Å². The van der Waals surface area contributed by atoms with Crippen molar-refractivity contribution >= 4 is 17.4 Å². The molecule has 0 aliphatic rings. The minimum absolute atomic E-state index is 0.476. The van der Waals surface area contributed by atoms with E-state index in [0.717, 1.165) is 11.1 Å². The highest BCUT2D eigenvalue weighted by Crippen LogP contribution is 2.27. The number of benzene rings is 1. The number of anilines is 1. The van der Waals surface area contributed by atoms with E-state index >= 15 is 0 Å². The van der Waals surface area contributed by atoms with Crippen molar-refractivity contribution in [1.82, 2.24) is 14.6 Å². The molecule has 0 spiro atoms. The van der Waals surface area contributed by atoms with Gasteiger partial charge in [-0.1, -0.05) is 12.1 Å². The molecular formula is C17H19N5O3. The quantitative estimate of drug-likeness (QED) is 0.598. The molecule has 25 heavy (non-hydrogen) atoms. The van der Waals surface area contributed by atoms with Gasteiger partial charge >= 0.3 is 5.97 Å². The van der Waals surface area contributed by atoms with Crippen LogP contribution in [0, 0.1) is 0 Å². The lowest BCUT2D eigenvalue weighted by Gasteiger charge is -2.11. The van der Waals surface area contributed by atoms with Gasteiger partial charge < -0.3 is 20.9 Å².